The number of methoxy groups -OCH3 is 1. The molecule has 1 heterocycles. The molecule has 1 aliphatic heterocycles. The van der Waals surface area contributed by atoms with Crippen LogP contribution in [0.2, 0.25) is 0 Å². The first-order valence-electron chi connectivity index (χ1n) is 14.8. The average Bonchev–Trinajstić information content (AvgIpc) is 3.36. The molecule has 0 radical (unpaired) electrons. The Labute approximate surface area is 289 Å². The SMILES string of the molecule is CCOC(=O)c1ccc(N2C(=O)C[C@H](Sc3cccc(NC(=O)/C(=C/c4ccc(OC)c(Br)c4)NC(=O)c4ccccc4)c3)C2=O)cc1. The average molecular weight is 729 g/mol. The van der Waals surface area contributed by atoms with Crippen molar-refractivity contribution >= 4 is 74.7 Å². The van der Waals surface area contributed by atoms with Gasteiger partial charge in [0.2, 0.25) is 11.8 Å². The van der Waals surface area contributed by atoms with Crippen LogP contribution in [0.15, 0.2) is 112 Å². The van der Waals surface area contributed by atoms with Gasteiger partial charge in [-0.15, -0.1) is 11.8 Å². The number of nitrogens with zero attached hydrogens (tertiary/aromatic N) is 1. The van der Waals surface area contributed by atoms with E-state index in [1.165, 1.54) is 36.0 Å². The van der Waals surface area contributed by atoms with Crippen LogP contribution < -0.4 is 20.3 Å². The number of hydrogen-bond acceptors (Lipinski definition) is 8. The van der Waals surface area contributed by atoms with Crippen LogP contribution in [-0.2, 0) is 19.1 Å². The molecule has 2 N–H and O–H groups in total. The third kappa shape index (κ3) is 8.20. The lowest BCUT2D eigenvalue weighted by molar-refractivity contribution is -0.121. The Kier molecular flexibility index (Phi) is 11.1. The minimum absolute atomic E-state index is 0.000149. The number of thioether (sulfide) groups is 1. The van der Waals surface area contributed by atoms with Gasteiger partial charge < -0.3 is 20.1 Å². The van der Waals surface area contributed by atoms with Gasteiger partial charge in [-0.3, -0.25) is 19.2 Å². The van der Waals surface area contributed by atoms with Crippen molar-refractivity contribution < 1.29 is 33.4 Å². The van der Waals surface area contributed by atoms with Gasteiger partial charge in [-0.1, -0.05) is 30.3 Å². The number of nitrogens with one attached hydrogen (secondary N) is 2. The zero-order valence-electron chi connectivity index (χ0n) is 25.9. The molecule has 5 rings (SSSR count). The molecule has 4 amide bonds. The van der Waals surface area contributed by atoms with E-state index in [-0.39, 0.29) is 30.5 Å². The van der Waals surface area contributed by atoms with Crippen LogP contribution in [0.25, 0.3) is 6.08 Å². The molecule has 0 aliphatic carbocycles. The molecule has 0 spiro atoms. The van der Waals surface area contributed by atoms with Gasteiger partial charge in [-0.05, 0) is 101 Å². The molecule has 1 saturated heterocycles. The highest BCUT2D eigenvalue weighted by Crippen LogP contribution is 2.35. The van der Waals surface area contributed by atoms with Gasteiger partial charge in [0.1, 0.15) is 11.4 Å². The smallest absolute Gasteiger partial charge is 0.338 e. The summed E-state index contributed by atoms with van der Waals surface area (Å²) in [4.78, 5) is 66.6. The molecule has 0 saturated carbocycles. The topological polar surface area (TPSA) is 131 Å². The van der Waals surface area contributed by atoms with E-state index in [0.717, 1.165) is 4.90 Å². The Balaban J connectivity index is 1.31. The fourth-order valence-corrected chi connectivity index (χ4v) is 6.49. The van der Waals surface area contributed by atoms with Crippen LogP contribution in [-0.4, -0.2) is 48.6 Å². The molecule has 0 aromatic heterocycles. The summed E-state index contributed by atoms with van der Waals surface area (Å²) in [7, 11) is 1.55. The van der Waals surface area contributed by atoms with E-state index in [2.05, 4.69) is 26.6 Å². The highest BCUT2D eigenvalue weighted by atomic mass is 79.9. The summed E-state index contributed by atoms with van der Waals surface area (Å²) >= 11 is 4.65. The quantitative estimate of drug-likeness (QED) is 0.102. The minimum atomic E-state index is -0.692. The number of amides is 4. The van der Waals surface area contributed by atoms with Gasteiger partial charge in [0, 0.05) is 22.6 Å². The number of esters is 1. The van der Waals surface area contributed by atoms with E-state index >= 15 is 0 Å². The van der Waals surface area contributed by atoms with Crippen molar-refractivity contribution in [3.63, 3.8) is 0 Å². The third-order valence-corrected chi connectivity index (χ3v) is 8.93. The highest BCUT2D eigenvalue weighted by Gasteiger charge is 2.40. The van der Waals surface area contributed by atoms with Crippen molar-refractivity contribution in [1.82, 2.24) is 5.32 Å². The van der Waals surface area contributed by atoms with Crippen molar-refractivity contribution in [1.29, 1.82) is 0 Å². The van der Waals surface area contributed by atoms with Crippen LogP contribution in [0.5, 0.6) is 5.75 Å². The molecule has 4 aromatic carbocycles. The molecule has 0 bridgehead atoms. The lowest BCUT2D eigenvalue weighted by Crippen LogP contribution is -2.31. The summed E-state index contributed by atoms with van der Waals surface area (Å²) in [6.45, 7) is 1.94. The number of benzene rings is 4. The first-order valence-corrected chi connectivity index (χ1v) is 16.5. The van der Waals surface area contributed by atoms with E-state index in [9.17, 15) is 24.0 Å². The zero-order valence-corrected chi connectivity index (χ0v) is 28.3. The summed E-state index contributed by atoms with van der Waals surface area (Å²) in [5.41, 5.74) is 2.12. The number of carbonyl (C=O) groups excluding carboxylic acids is 5. The Bertz CT molecular complexity index is 1900. The molecule has 1 atom stereocenters. The third-order valence-electron chi connectivity index (χ3n) is 7.13. The monoisotopic (exact) mass is 727 g/mol. The Morgan fingerprint density at radius 1 is 0.938 bits per heavy atom. The molecule has 0 unspecified atom stereocenters. The second kappa shape index (κ2) is 15.6. The maximum Gasteiger partial charge on any atom is 0.338 e. The maximum atomic E-state index is 13.6. The summed E-state index contributed by atoms with van der Waals surface area (Å²) in [5.74, 6) is -1.66. The number of hydrogen-bond donors (Lipinski definition) is 2. The van der Waals surface area contributed by atoms with Gasteiger partial charge in [0.25, 0.3) is 11.8 Å². The maximum absolute atomic E-state index is 13.6. The van der Waals surface area contributed by atoms with E-state index in [1.807, 2.05) is 0 Å². The lowest BCUT2D eigenvalue weighted by atomic mass is 10.1. The van der Waals surface area contributed by atoms with Gasteiger partial charge in [-0.2, -0.15) is 0 Å². The van der Waals surface area contributed by atoms with Gasteiger partial charge in [0.15, 0.2) is 0 Å². The molecule has 1 fully saturated rings. The molecule has 4 aromatic rings. The normalized spacial score (nSPS) is 14.4. The summed E-state index contributed by atoms with van der Waals surface area (Å²) in [5, 5.41) is 4.85. The second-order valence-corrected chi connectivity index (χ2v) is 12.5. The summed E-state index contributed by atoms with van der Waals surface area (Å²) < 4.78 is 11.0. The number of imide groups is 1. The number of anilines is 2. The van der Waals surface area contributed by atoms with Crippen molar-refractivity contribution in [3.8, 4) is 5.75 Å². The number of ether oxygens (including phenoxy) is 2. The predicted molar refractivity (Wildman–Crippen MR) is 187 cm³/mol. The minimum Gasteiger partial charge on any atom is -0.496 e. The largest absolute Gasteiger partial charge is 0.496 e. The second-order valence-electron chi connectivity index (χ2n) is 10.4. The molecule has 10 nitrogen and oxygen atoms in total. The van der Waals surface area contributed by atoms with E-state index in [4.69, 9.17) is 9.47 Å². The molecule has 48 heavy (non-hydrogen) atoms. The predicted octanol–water partition coefficient (Wildman–Crippen LogP) is 6.47. The fourth-order valence-electron chi connectivity index (χ4n) is 4.82. The lowest BCUT2D eigenvalue weighted by Gasteiger charge is -2.16. The van der Waals surface area contributed by atoms with Crippen LogP contribution >= 0.6 is 27.7 Å². The van der Waals surface area contributed by atoms with Crippen LogP contribution in [0, 0.1) is 0 Å². The Morgan fingerprint density at radius 3 is 2.38 bits per heavy atom. The fraction of sp³-hybridized carbons (Fsp3) is 0.139. The van der Waals surface area contributed by atoms with Crippen molar-refractivity contribution in [2.24, 2.45) is 0 Å². The Morgan fingerprint density at radius 2 is 1.69 bits per heavy atom. The molecular formula is C36H30BrN3O7S. The van der Waals surface area contributed by atoms with Gasteiger partial charge >= 0.3 is 5.97 Å². The molecule has 244 valence electrons. The first kappa shape index (κ1) is 34.1. The van der Waals surface area contributed by atoms with E-state index < -0.39 is 23.0 Å². The summed E-state index contributed by atoms with van der Waals surface area (Å²) in [6.07, 6.45) is 1.53. The number of carbonyl (C=O) groups is 5. The van der Waals surface area contributed by atoms with E-state index in [0.29, 0.717) is 43.2 Å². The molecule has 12 heteroatoms. The van der Waals surface area contributed by atoms with E-state index in [1.54, 1.807) is 92.9 Å². The first-order chi connectivity index (χ1) is 23.2. The Hall–Kier alpha value is -5.20. The molecule has 1 aliphatic rings. The highest BCUT2D eigenvalue weighted by molar-refractivity contribution is 9.10. The van der Waals surface area contributed by atoms with Gasteiger partial charge in [-0.25, -0.2) is 9.69 Å². The summed E-state index contributed by atoms with van der Waals surface area (Å²) in [6, 6.07) is 26.8. The number of halogens is 1. The van der Waals surface area contributed by atoms with Crippen LogP contribution in [0.4, 0.5) is 11.4 Å². The number of rotatable bonds is 11. The van der Waals surface area contributed by atoms with Crippen LogP contribution in [0.3, 0.4) is 0 Å². The van der Waals surface area contributed by atoms with Crippen LogP contribution in [0.1, 0.15) is 39.6 Å². The standard InChI is InChI=1S/C36H30BrN3O7S/c1-3-47-36(45)24-13-15-26(16-14-24)40-32(41)21-31(35(40)44)48-27-11-7-10-25(20-27)38-34(43)29(39-33(42)23-8-5-4-6-9-23)19-22-12-17-30(46-2)28(37)18-22/h4-20,31H,3,21H2,1-2H3,(H,38,43)(H,39,42)/b29-19-/t31-/m0/s1. The van der Waals surface area contributed by atoms with Crippen molar-refractivity contribution in [3.05, 3.63) is 124 Å². The van der Waals surface area contributed by atoms with Crippen molar-refractivity contribution in [2.45, 2.75) is 23.5 Å². The van der Waals surface area contributed by atoms with Crippen molar-refractivity contribution in [2.75, 3.05) is 23.9 Å². The molecular weight excluding hydrogens is 698 g/mol. The zero-order chi connectivity index (χ0) is 34.2. The van der Waals surface area contributed by atoms with Gasteiger partial charge in [0.05, 0.1) is 34.7 Å².